The van der Waals surface area contributed by atoms with Gasteiger partial charge in [0.1, 0.15) is 0 Å². The van der Waals surface area contributed by atoms with Crippen molar-refractivity contribution in [2.24, 2.45) is 0 Å². The predicted octanol–water partition coefficient (Wildman–Crippen LogP) is 1.34. The van der Waals surface area contributed by atoms with Crippen LogP contribution in [0.15, 0.2) is 0 Å². The highest BCUT2D eigenvalue weighted by Crippen LogP contribution is 2.16. The van der Waals surface area contributed by atoms with Crippen LogP contribution in [0.5, 0.6) is 0 Å². The first-order valence-electron chi connectivity index (χ1n) is 9.37. The molecule has 32 heavy (non-hydrogen) atoms. The first-order chi connectivity index (χ1) is 15.4. The minimum atomic E-state index is -2.54. The number of quaternary nitrogens is 1. The van der Waals surface area contributed by atoms with Crippen LogP contribution in [0.1, 0.15) is 13.3 Å². The third-order valence-corrected chi connectivity index (χ3v) is 6.39. The van der Waals surface area contributed by atoms with E-state index in [2.05, 4.69) is 107 Å². The quantitative estimate of drug-likeness (QED) is 0.341. The summed E-state index contributed by atoms with van der Waals surface area (Å²) >= 11 is 0. The van der Waals surface area contributed by atoms with Crippen LogP contribution in [0.25, 0.3) is 0 Å². The Kier molecular flexibility index (Phi) is 15.7. The number of hydrogen-bond donors (Lipinski definition) is 0. The van der Waals surface area contributed by atoms with Crippen LogP contribution in [0.4, 0.5) is 0 Å². The Hall–Kier alpha value is -3.90. The van der Waals surface area contributed by atoms with Gasteiger partial charge in [-0.15, -0.1) is 0 Å². The summed E-state index contributed by atoms with van der Waals surface area (Å²) in [5.74, 6) is 44.0. The van der Waals surface area contributed by atoms with Crippen LogP contribution in [0.2, 0.25) is 6.04 Å². The number of nitrogens with zero attached hydrogens (tertiary/aromatic N) is 1. The van der Waals surface area contributed by atoms with E-state index in [9.17, 15) is 0 Å². The number of rotatable bonds is 7. The second-order valence-electron chi connectivity index (χ2n) is 6.17. The van der Waals surface area contributed by atoms with Gasteiger partial charge in [0.05, 0.1) is 26.6 Å². The molecule has 0 amide bonds. The first-order valence-corrected chi connectivity index (χ1v) is 11.3. The van der Waals surface area contributed by atoms with Crippen molar-refractivity contribution >= 4 is 8.80 Å². The van der Waals surface area contributed by atoms with Gasteiger partial charge in [0, 0.05) is 75.2 Å². The van der Waals surface area contributed by atoms with Crippen LogP contribution in [-0.4, -0.2) is 55.3 Å². The zero-order valence-electron chi connectivity index (χ0n) is 19.3. The van der Waals surface area contributed by atoms with Crippen LogP contribution >= 0.6 is 0 Å². The monoisotopic (exact) mass is 438 g/mol. The average molecular weight is 439 g/mol. The smallest absolute Gasteiger partial charge is 0.377 e. The molecular weight excluding hydrogens is 414 g/mol. The van der Waals surface area contributed by atoms with Crippen LogP contribution < -0.4 is 0 Å². The van der Waals surface area contributed by atoms with E-state index in [0.717, 1.165) is 19.0 Å². The summed E-state index contributed by atoms with van der Waals surface area (Å²) in [6, 6.07) is 3.81. The number of hydrogen-bond acceptors (Lipinski definition) is 3. The lowest BCUT2D eigenvalue weighted by Crippen LogP contribution is -2.44. The molecule has 0 atom stereocenters. The van der Waals surface area contributed by atoms with Gasteiger partial charge in [0.2, 0.25) is 0 Å². The van der Waals surface area contributed by atoms with E-state index in [1.54, 1.807) is 28.3 Å². The van der Waals surface area contributed by atoms with Gasteiger partial charge < -0.3 is 13.3 Å². The maximum atomic E-state index is 5.42. The molecule has 0 aromatic carbocycles. The Morgan fingerprint density at radius 3 is 1.25 bits per heavy atom. The molecule has 0 aliphatic carbocycles. The molecule has 0 unspecified atom stereocenters. The minimum absolute atomic E-state index is 0.490. The summed E-state index contributed by atoms with van der Waals surface area (Å²) in [6.07, 6.45) is 0.854. The standard InChI is InChI=1S/C27H24NO3Si/c1-7-8-9-10-11-12-13-14-15-16-17-18-19-20-21-22-23-25-28(2,3)26-24-27-32(29-4,30-5)31-6/h24,26-27H2,1-6H3/q+1. The van der Waals surface area contributed by atoms with E-state index in [0.29, 0.717) is 4.48 Å². The molecule has 0 aromatic rings. The molecule has 0 aliphatic rings. The largest absolute Gasteiger partial charge is 0.500 e. The fourth-order valence-electron chi connectivity index (χ4n) is 1.98. The lowest BCUT2D eigenvalue weighted by molar-refractivity contribution is -0.822. The molecular formula is C27H24NO3Si+. The lowest BCUT2D eigenvalue weighted by Gasteiger charge is -2.26. The highest BCUT2D eigenvalue weighted by Gasteiger charge is 2.37. The van der Waals surface area contributed by atoms with Crippen molar-refractivity contribution in [3.63, 3.8) is 0 Å². The van der Waals surface area contributed by atoms with Crippen molar-refractivity contribution in [1.82, 2.24) is 0 Å². The zero-order chi connectivity index (χ0) is 24.0. The molecule has 0 fully saturated rings. The average Bonchev–Trinajstić information content (AvgIpc) is 2.79. The van der Waals surface area contributed by atoms with Crippen LogP contribution in [-0.2, 0) is 13.3 Å². The molecule has 0 N–H and O–H groups in total. The Bertz CT molecular complexity index is 1190. The molecule has 0 aliphatic heterocycles. The van der Waals surface area contributed by atoms with E-state index < -0.39 is 8.80 Å². The molecule has 0 rings (SSSR count). The molecule has 0 saturated heterocycles. The predicted molar refractivity (Wildman–Crippen MR) is 129 cm³/mol. The van der Waals surface area contributed by atoms with Crippen molar-refractivity contribution in [3.8, 4) is 107 Å². The minimum Gasteiger partial charge on any atom is -0.377 e. The van der Waals surface area contributed by atoms with Gasteiger partial charge in [0.15, 0.2) is 6.04 Å². The van der Waals surface area contributed by atoms with Gasteiger partial charge in [-0.2, -0.15) is 0 Å². The van der Waals surface area contributed by atoms with Gasteiger partial charge in [-0.1, -0.05) is 5.92 Å². The normalized spacial score (nSPS) is 8.06. The Labute approximate surface area is 194 Å². The second kappa shape index (κ2) is 17.9. The maximum absolute atomic E-state index is 5.42. The molecule has 0 bridgehead atoms. The van der Waals surface area contributed by atoms with E-state index in [1.165, 1.54) is 0 Å². The molecule has 0 heterocycles. The Morgan fingerprint density at radius 1 is 0.562 bits per heavy atom. The van der Waals surface area contributed by atoms with E-state index >= 15 is 0 Å². The third kappa shape index (κ3) is 15.0. The van der Waals surface area contributed by atoms with E-state index in [4.69, 9.17) is 13.3 Å². The van der Waals surface area contributed by atoms with Gasteiger partial charge in [-0.25, -0.2) is 0 Å². The molecule has 4 nitrogen and oxygen atoms in total. The van der Waals surface area contributed by atoms with E-state index in [1.807, 2.05) is 14.1 Å². The third-order valence-electron chi connectivity index (χ3n) is 3.55. The van der Waals surface area contributed by atoms with Crippen molar-refractivity contribution in [2.45, 2.75) is 19.4 Å². The van der Waals surface area contributed by atoms with Gasteiger partial charge in [-0.3, -0.25) is 4.48 Å². The molecule has 5 heteroatoms. The summed E-state index contributed by atoms with van der Waals surface area (Å²) < 4.78 is 16.8. The summed E-state index contributed by atoms with van der Waals surface area (Å²) in [5.41, 5.74) is 0. The zero-order valence-corrected chi connectivity index (χ0v) is 20.3. The van der Waals surface area contributed by atoms with Gasteiger partial charge in [-0.05, 0) is 54.3 Å². The molecule has 0 saturated carbocycles. The molecule has 158 valence electrons. The molecule has 0 spiro atoms. The van der Waals surface area contributed by atoms with Crippen LogP contribution in [0, 0.1) is 107 Å². The summed E-state index contributed by atoms with van der Waals surface area (Å²) in [7, 11) is 6.30. The van der Waals surface area contributed by atoms with Gasteiger partial charge in [0.25, 0.3) is 0 Å². The second-order valence-corrected chi connectivity index (χ2v) is 9.26. The fourth-order valence-corrected chi connectivity index (χ4v) is 3.69. The molecule has 0 aromatic heterocycles. The summed E-state index contributed by atoms with van der Waals surface area (Å²) in [6.45, 7) is 2.51. The first kappa shape index (κ1) is 28.1. The fraction of sp³-hybridized carbons (Fsp3) is 0.333. The summed E-state index contributed by atoms with van der Waals surface area (Å²) in [4.78, 5) is 0. The van der Waals surface area contributed by atoms with Crippen molar-refractivity contribution < 1.29 is 17.8 Å². The highest BCUT2D eigenvalue weighted by atomic mass is 28.4. The summed E-state index contributed by atoms with van der Waals surface area (Å²) in [5, 5.41) is 0. The SMILES string of the molecule is CC#CC#CC#CC#CC#CC#CC#CC#CC#C[N+](C)(C)CCC[Si](OC)(OC)OC. The molecule has 0 radical (unpaired) electrons. The van der Waals surface area contributed by atoms with Gasteiger partial charge >= 0.3 is 8.80 Å². The lowest BCUT2D eigenvalue weighted by atomic mass is 10.4. The topological polar surface area (TPSA) is 27.7 Å². The van der Waals surface area contributed by atoms with Crippen molar-refractivity contribution in [2.75, 3.05) is 42.0 Å². The van der Waals surface area contributed by atoms with Crippen molar-refractivity contribution in [3.05, 3.63) is 0 Å². The Balaban J connectivity index is 4.59. The van der Waals surface area contributed by atoms with E-state index in [-0.39, 0.29) is 0 Å². The highest BCUT2D eigenvalue weighted by molar-refractivity contribution is 6.60. The van der Waals surface area contributed by atoms with Crippen molar-refractivity contribution in [1.29, 1.82) is 0 Å². The van der Waals surface area contributed by atoms with Crippen LogP contribution in [0.3, 0.4) is 0 Å². The maximum Gasteiger partial charge on any atom is 0.500 e. The Morgan fingerprint density at radius 2 is 0.906 bits per heavy atom.